The Labute approximate surface area is 119 Å². The van der Waals surface area contributed by atoms with Gasteiger partial charge in [-0.15, -0.1) is 0 Å². The van der Waals surface area contributed by atoms with Crippen LogP contribution in [0, 0.1) is 6.92 Å². The molecule has 1 rings (SSSR count). The third-order valence-corrected chi connectivity index (χ3v) is 3.51. The molecule has 0 aliphatic heterocycles. The van der Waals surface area contributed by atoms with E-state index in [1.807, 2.05) is 12.1 Å². The summed E-state index contributed by atoms with van der Waals surface area (Å²) >= 11 is 0. The molecule has 0 saturated heterocycles. The molecule has 0 amide bonds. The van der Waals surface area contributed by atoms with E-state index >= 15 is 0 Å². The smallest absolute Gasteiger partial charge is 0.119 e. The van der Waals surface area contributed by atoms with Crippen LogP contribution in [0.25, 0.3) is 0 Å². The first kappa shape index (κ1) is 16.1. The minimum Gasteiger partial charge on any atom is -0.494 e. The van der Waals surface area contributed by atoms with Gasteiger partial charge < -0.3 is 4.74 Å². The average Bonchev–Trinajstić information content (AvgIpc) is 2.44. The molecule has 19 heavy (non-hydrogen) atoms. The van der Waals surface area contributed by atoms with Crippen LogP contribution in [-0.4, -0.2) is 6.61 Å². The second kappa shape index (κ2) is 10.9. The van der Waals surface area contributed by atoms with E-state index in [-0.39, 0.29) is 0 Å². The highest BCUT2D eigenvalue weighted by Crippen LogP contribution is 2.15. The van der Waals surface area contributed by atoms with Gasteiger partial charge >= 0.3 is 0 Å². The molecule has 0 bridgehead atoms. The lowest BCUT2D eigenvalue weighted by molar-refractivity contribution is 0.361. The maximum absolute atomic E-state index is 5.34. The van der Waals surface area contributed by atoms with Crippen molar-refractivity contribution in [3.8, 4) is 5.75 Å². The summed E-state index contributed by atoms with van der Waals surface area (Å²) < 4.78 is 5.34. The summed E-state index contributed by atoms with van der Waals surface area (Å²) in [5, 5.41) is 0. The van der Waals surface area contributed by atoms with Gasteiger partial charge in [0.25, 0.3) is 0 Å². The molecule has 1 radical (unpaired) electrons. The lowest BCUT2D eigenvalue weighted by atomic mass is 10.0. The summed E-state index contributed by atoms with van der Waals surface area (Å²) in [4.78, 5) is 0. The van der Waals surface area contributed by atoms with Crippen LogP contribution in [0.1, 0.15) is 63.9 Å². The van der Waals surface area contributed by atoms with E-state index in [4.69, 9.17) is 4.74 Å². The van der Waals surface area contributed by atoms with E-state index in [0.29, 0.717) is 6.61 Å². The largest absolute Gasteiger partial charge is 0.494 e. The molecule has 0 saturated carbocycles. The molecule has 1 nitrogen and oxygen atoms in total. The number of ether oxygens (including phenoxy) is 1. The van der Waals surface area contributed by atoms with E-state index in [1.165, 1.54) is 63.4 Å². The quantitative estimate of drug-likeness (QED) is 0.472. The second-order valence-corrected chi connectivity index (χ2v) is 5.22. The molecule has 0 spiro atoms. The first-order chi connectivity index (χ1) is 9.36. The van der Waals surface area contributed by atoms with E-state index in [2.05, 4.69) is 26.0 Å². The van der Waals surface area contributed by atoms with Crippen LogP contribution < -0.4 is 4.74 Å². The van der Waals surface area contributed by atoms with E-state index in [9.17, 15) is 0 Å². The maximum Gasteiger partial charge on any atom is 0.119 e. The fraction of sp³-hybridized carbons (Fsp3) is 0.611. The monoisotopic (exact) mass is 261 g/mol. The van der Waals surface area contributed by atoms with Crippen LogP contribution in [0.5, 0.6) is 5.75 Å². The van der Waals surface area contributed by atoms with Gasteiger partial charge in [-0.1, -0.05) is 64.0 Å². The molecular formula is C18H29O. The molecule has 1 aromatic rings. The Bertz CT molecular complexity index is 302. The van der Waals surface area contributed by atoms with Crippen LogP contribution in [0.3, 0.4) is 0 Å². The predicted molar refractivity (Wildman–Crippen MR) is 83.6 cm³/mol. The summed E-state index contributed by atoms with van der Waals surface area (Å²) in [6.07, 6.45) is 12.3. The first-order valence-corrected chi connectivity index (χ1v) is 7.87. The Morgan fingerprint density at radius 1 is 0.842 bits per heavy atom. The normalized spacial score (nSPS) is 10.6. The molecule has 0 aromatic heterocycles. The van der Waals surface area contributed by atoms with Crippen molar-refractivity contribution in [1.82, 2.24) is 0 Å². The fourth-order valence-electron chi connectivity index (χ4n) is 2.33. The summed E-state index contributed by atoms with van der Waals surface area (Å²) in [5.74, 6) is 0.926. The van der Waals surface area contributed by atoms with Crippen molar-refractivity contribution in [2.45, 2.75) is 64.7 Å². The third kappa shape index (κ3) is 7.92. The molecule has 0 fully saturated rings. The van der Waals surface area contributed by atoms with Gasteiger partial charge in [0.2, 0.25) is 0 Å². The van der Waals surface area contributed by atoms with Crippen molar-refractivity contribution >= 4 is 0 Å². The number of rotatable bonds is 11. The molecule has 0 N–H and O–H groups in total. The van der Waals surface area contributed by atoms with Crippen LogP contribution in [0.4, 0.5) is 0 Å². The average molecular weight is 261 g/mol. The van der Waals surface area contributed by atoms with Gasteiger partial charge in [0.05, 0.1) is 6.61 Å². The van der Waals surface area contributed by atoms with Gasteiger partial charge in [0.15, 0.2) is 0 Å². The lowest BCUT2D eigenvalue weighted by Gasteiger charge is -2.05. The van der Waals surface area contributed by atoms with Crippen LogP contribution >= 0.6 is 0 Å². The van der Waals surface area contributed by atoms with E-state index < -0.39 is 0 Å². The lowest BCUT2D eigenvalue weighted by Crippen LogP contribution is -1.92. The van der Waals surface area contributed by atoms with Crippen molar-refractivity contribution in [3.63, 3.8) is 0 Å². The number of hydrogen-bond donors (Lipinski definition) is 0. The van der Waals surface area contributed by atoms with E-state index in [0.717, 1.165) is 5.75 Å². The summed E-state index contributed by atoms with van der Waals surface area (Å²) in [5.41, 5.74) is 1.42. The fourth-order valence-corrected chi connectivity index (χ4v) is 2.33. The minimum absolute atomic E-state index is 0.497. The molecular weight excluding hydrogens is 232 g/mol. The van der Waals surface area contributed by atoms with Gasteiger partial charge in [-0.05, 0) is 37.5 Å². The van der Waals surface area contributed by atoms with Crippen molar-refractivity contribution in [2.24, 2.45) is 0 Å². The Morgan fingerprint density at radius 2 is 1.42 bits per heavy atom. The highest BCUT2D eigenvalue weighted by molar-refractivity contribution is 5.27. The predicted octanol–water partition coefficient (Wildman–Crippen LogP) is 5.58. The van der Waals surface area contributed by atoms with Crippen LogP contribution in [-0.2, 0) is 6.42 Å². The number of aryl methyl sites for hydroxylation is 1. The molecule has 0 aliphatic rings. The molecule has 1 heteroatoms. The second-order valence-electron chi connectivity index (χ2n) is 5.22. The molecule has 0 aliphatic carbocycles. The zero-order valence-electron chi connectivity index (χ0n) is 12.5. The topological polar surface area (TPSA) is 9.23 Å². The van der Waals surface area contributed by atoms with Crippen LogP contribution in [0.15, 0.2) is 24.3 Å². The first-order valence-electron chi connectivity index (χ1n) is 7.87. The van der Waals surface area contributed by atoms with Crippen molar-refractivity contribution in [1.29, 1.82) is 0 Å². The van der Waals surface area contributed by atoms with Gasteiger partial charge in [-0.25, -0.2) is 0 Å². The highest BCUT2D eigenvalue weighted by Gasteiger charge is 1.96. The third-order valence-electron chi connectivity index (χ3n) is 3.51. The van der Waals surface area contributed by atoms with Gasteiger partial charge in [-0.2, -0.15) is 0 Å². The standard InChI is InChI=1S/C18H29O/c1-3-5-6-7-8-9-10-11-12-17-13-15-18(16-14-17)19-4-2/h13-16H,2-12H2,1H3. The molecule has 1 aromatic carbocycles. The highest BCUT2D eigenvalue weighted by atomic mass is 16.5. The molecule has 0 atom stereocenters. The SMILES string of the molecule is [CH2]COc1ccc(CCCCCCCCCC)cc1. The number of benzene rings is 1. The van der Waals surface area contributed by atoms with Crippen LogP contribution in [0.2, 0.25) is 0 Å². The summed E-state index contributed by atoms with van der Waals surface area (Å²) in [7, 11) is 0. The summed E-state index contributed by atoms with van der Waals surface area (Å²) in [6.45, 7) is 6.45. The van der Waals surface area contributed by atoms with E-state index in [1.54, 1.807) is 0 Å². The number of unbranched alkanes of at least 4 members (excludes halogenated alkanes) is 7. The molecule has 0 unspecified atom stereocenters. The van der Waals surface area contributed by atoms with Crippen molar-refractivity contribution in [2.75, 3.05) is 6.61 Å². The zero-order valence-corrected chi connectivity index (χ0v) is 12.5. The minimum atomic E-state index is 0.497. The number of hydrogen-bond acceptors (Lipinski definition) is 1. The Kier molecular flexibility index (Phi) is 9.22. The Morgan fingerprint density at radius 3 is 2.00 bits per heavy atom. The van der Waals surface area contributed by atoms with Gasteiger partial charge in [-0.3, -0.25) is 0 Å². The maximum atomic E-state index is 5.34. The molecule has 0 heterocycles. The van der Waals surface area contributed by atoms with Gasteiger partial charge in [0, 0.05) is 0 Å². The van der Waals surface area contributed by atoms with Crippen molar-refractivity contribution < 1.29 is 4.74 Å². The van der Waals surface area contributed by atoms with Crippen molar-refractivity contribution in [3.05, 3.63) is 36.8 Å². The Balaban J connectivity index is 2.02. The summed E-state index contributed by atoms with van der Waals surface area (Å²) in [6, 6.07) is 8.44. The Hall–Kier alpha value is -0.980. The van der Waals surface area contributed by atoms with Gasteiger partial charge in [0.1, 0.15) is 5.75 Å². The molecule has 107 valence electrons. The zero-order chi connectivity index (χ0) is 13.8.